The van der Waals surface area contributed by atoms with E-state index in [9.17, 15) is 0 Å². The van der Waals surface area contributed by atoms with E-state index < -0.39 is 0 Å². The van der Waals surface area contributed by atoms with Gasteiger partial charge in [0.25, 0.3) is 0 Å². The summed E-state index contributed by atoms with van der Waals surface area (Å²) < 4.78 is 0. The maximum Gasteiger partial charge on any atom is 0.0594 e. The van der Waals surface area contributed by atoms with Crippen LogP contribution in [0.4, 0.5) is 0 Å². The molecule has 0 radical (unpaired) electrons. The highest BCUT2D eigenvalue weighted by Crippen LogP contribution is 2.32. The molecule has 0 aromatic rings. The van der Waals surface area contributed by atoms with Crippen LogP contribution >= 0.6 is 0 Å². The average molecular weight is 1360 g/mol. The Kier molecular flexibility index (Phi) is 60.3. The van der Waals surface area contributed by atoms with Crippen molar-refractivity contribution in [3.8, 4) is 0 Å². The Bertz CT molecular complexity index is 1990. The second-order valence-corrected chi connectivity index (χ2v) is 51.8. The third kappa shape index (κ3) is 32.9. The van der Waals surface area contributed by atoms with Crippen LogP contribution in [-0.4, -0.2) is 813 Å². The molecule has 462 valence electrons. The van der Waals surface area contributed by atoms with Crippen LogP contribution in [0.3, 0.4) is 0 Å². The fraction of sp³-hybridized carbons (Fsp3) is 0. The van der Waals surface area contributed by atoms with Crippen molar-refractivity contribution in [1.82, 2.24) is 0 Å². The van der Waals surface area contributed by atoms with E-state index in [1.54, 1.807) is 0 Å². The minimum Gasteiger partial charge on any atom is 0.000000131 e. The first kappa shape index (κ1) is 122. The molecule has 0 bridgehead atoms. The minimum absolute atomic E-state index is 0.358. The lowest BCUT2D eigenvalue weighted by atomic mass is 8.17. The maximum atomic E-state index is 2.94. The highest BCUT2D eigenvalue weighted by molar-refractivity contribution is 8.46. The molecular formula is H117B115. The van der Waals surface area contributed by atoms with Gasteiger partial charge in [-0.1, -0.05) is 0 Å². The standard InChI is InChI=1S/B115H117/c1-59-88(58)103(89(60(2)3)61(4)5)110(102(86(54)55)87(56)57)114(111(104(90(62(6)7)63(8)9)91(64(10)11)65(12)13)105(92(66(14)15)67(16)17)93(68(18)19)69(20)21)115(112(106(94(70(22)23)71(24)25)95(72(26)27)73(28)29)107(96(74(30)31)75(32)33)97(76(34)35)77(36)37)113(108(98(78(38)39)79(40)41)99(80(42)43)81(44)45)109(100(82(46)47)83(48)49)101(84(50)51)85(52)53/h59H,1-58H2. The van der Waals surface area contributed by atoms with Gasteiger partial charge < -0.3 is 0 Å². The summed E-state index contributed by atoms with van der Waals surface area (Å²) in [5, 5.41) is 0. The Hall–Kier alpha value is 7.47. The molecule has 115 heavy (non-hydrogen) atoms. The Morgan fingerprint density at radius 2 is 0.130 bits per heavy atom. The topological polar surface area (TPSA) is 0 Å². The molecule has 0 nitrogen and oxygen atoms in total. The number of hydrogen-bond donors (Lipinski definition) is 0. The normalized spacial score (nSPS) is 9.84. The van der Waals surface area contributed by atoms with E-state index in [4.69, 9.17) is 0 Å². The van der Waals surface area contributed by atoms with Crippen LogP contribution in [0.25, 0.3) is 0 Å². The van der Waals surface area contributed by atoms with Gasteiger partial charge >= 0.3 is 0 Å². The Balaban J connectivity index is 16.1. The fourth-order valence-electron chi connectivity index (χ4n) is 33.7. The van der Waals surface area contributed by atoms with Gasteiger partial charge in [0.05, 0.1) is 449 Å². The van der Waals surface area contributed by atoms with Crippen molar-refractivity contribution in [2.45, 2.75) is 0 Å². The van der Waals surface area contributed by atoms with Crippen LogP contribution in [0.2, 0.25) is 0 Å². The summed E-state index contributed by atoms with van der Waals surface area (Å²) >= 11 is 0. The van der Waals surface area contributed by atoms with Gasteiger partial charge in [-0.2, -0.15) is 0 Å². The van der Waals surface area contributed by atoms with Gasteiger partial charge in [0, 0.05) is 365 Å². The van der Waals surface area contributed by atoms with E-state index in [1.807, 2.05) is 0 Å². The molecule has 0 heterocycles. The molecule has 115 heteroatoms. The van der Waals surface area contributed by atoms with Crippen molar-refractivity contribution < 1.29 is 0 Å². The van der Waals surface area contributed by atoms with Gasteiger partial charge in [-0.05, 0) is 0 Å². The molecule has 0 aliphatic rings. The number of hydrogen-bond acceptors (Lipinski definition) is 0. The second kappa shape index (κ2) is 56.6. The van der Waals surface area contributed by atoms with Gasteiger partial charge in [0.1, 0.15) is 0 Å². The summed E-state index contributed by atoms with van der Waals surface area (Å²) in [6.07, 6.45) is 27.4. The highest BCUT2D eigenvalue weighted by Gasteiger charge is 2.71. The van der Waals surface area contributed by atoms with Crippen molar-refractivity contribution >= 4 is 813 Å². The molecule has 0 spiro atoms. The quantitative estimate of drug-likeness (QED) is 0.0533. The zero-order valence-electron chi connectivity index (χ0n) is 91.0. The lowest BCUT2D eigenvalue weighted by Gasteiger charge is -2.64. The van der Waals surface area contributed by atoms with Crippen LogP contribution in [0.15, 0.2) is 0 Å². The zero-order chi connectivity index (χ0) is 91.0. The fourth-order valence-corrected chi connectivity index (χ4v) is 33.7. The SMILES string of the molecule is BBB(B)B(B(B(B)B)B(B)B)B(B(B(B)B)B(B)B)B(B(B(B(B(B)B)B(B)B)B(B(B)B)B(B)B)B(B(B(B)B)B(B)B)B(B(B)B)B(B)B)B(B(B(B(B(B)B)B(B)B)B(B(B)B)B(B)B)B(B(B(B)B)B(B)B)B(B(B)B)B(B)B)B(B(B(B(B)B)B(B)B)B(B(B)B)B(B)B)B(B(B(B)B)B(B)B)B(B(B)B)B(B)B. The molecule has 0 aliphatic carbocycles. The summed E-state index contributed by atoms with van der Waals surface area (Å²) in [7, 11) is 165. The Morgan fingerprint density at radius 3 is 0.191 bits per heavy atom. The molecular weight excluding hydrogens is 1240 g/mol. The second-order valence-electron chi connectivity index (χ2n) is 51.8. The minimum atomic E-state index is 0.358. The molecule has 0 aromatic carbocycles. The molecule has 0 rings (SSSR count). The molecule has 0 saturated heterocycles. The first-order valence-corrected chi connectivity index (χ1v) is 52.4. The molecule has 0 aliphatic heterocycles. The van der Waals surface area contributed by atoms with Crippen molar-refractivity contribution in [2.75, 3.05) is 0 Å². The van der Waals surface area contributed by atoms with Gasteiger partial charge in [-0.25, -0.2) is 0 Å². The van der Waals surface area contributed by atoms with Crippen LogP contribution in [0.5, 0.6) is 0 Å². The first-order chi connectivity index (χ1) is 52.4. The van der Waals surface area contributed by atoms with Gasteiger partial charge in [0.15, 0.2) is 0 Å². The van der Waals surface area contributed by atoms with Gasteiger partial charge in [-0.3, -0.25) is 0 Å². The predicted octanol–water partition coefficient (Wildman–Crippen LogP) is -75.1. The monoisotopic (exact) mass is 1380 g/mol. The van der Waals surface area contributed by atoms with E-state index >= 15 is 0 Å². The summed E-state index contributed by atoms with van der Waals surface area (Å²) in [6, 6.07) is 0. The van der Waals surface area contributed by atoms with Crippen LogP contribution in [0, 0.1) is 0 Å². The van der Waals surface area contributed by atoms with Gasteiger partial charge in [-0.15, -0.1) is 0 Å². The smallest absolute Gasteiger partial charge is 0.000000131 e. The van der Waals surface area contributed by atoms with Crippen LogP contribution in [0.1, 0.15) is 0 Å². The lowest BCUT2D eigenvalue weighted by Crippen LogP contribution is -3.02. The van der Waals surface area contributed by atoms with E-state index in [2.05, 4.69) is 449 Å². The Morgan fingerprint density at radius 1 is 0.0783 bits per heavy atom. The van der Waals surface area contributed by atoms with E-state index in [-0.39, 0.29) is 0 Å². The van der Waals surface area contributed by atoms with E-state index in [1.165, 1.54) is 7.06 Å². The summed E-state index contributed by atoms with van der Waals surface area (Å²) in [6.45, 7) is 0. The molecule has 0 unspecified atom stereocenters. The summed E-state index contributed by atoms with van der Waals surface area (Å²) in [5.41, 5.74) is 0. The van der Waals surface area contributed by atoms with Crippen LogP contribution < -0.4 is 0 Å². The predicted molar refractivity (Wildman–Crippen MR) is 825 cm³/mol. The van der Waals surface area contributed by atoms with Crippen molar-refractivity contribution in [1.29, 1.82) is 0 Å². The molecule has 0 fully saturated rings. The highest BCUT2D eigenvalue weighted by atomic mass is 13.5. The molecule has 0 N–H and O–H groups in total. The lowest BCUT2D eigenvalue weighted by molar-refractivity contribution is 3.11. The molecule has 0 atom stereocenters. The van der Waals surface area contributed by atoms with Crippen molar-refractivity contribution in [3.63, 3.8) is 0 Å². The first-order valence-electron chi connectivity index (χ1n) is 52.4. The summed E-state index contributed by atoms with van der Waals surface area (Å²) in [5.74, 6) is 0. The van der Waals surface area contributed by atoms with E-state index in [0.29, 0.717) is 358 Å². The third-order valence-electron chi connectivity index (χ3n) is 34.4. The molecule has 0 amide bonds. The van der Waals surface area contributed by atoms with Gasteiger partial charge in [0.2, 0.25) is 0 Å². The van der Waals surface area contributed by atoms with Crippen molar-refractivity contribution in [2.24, 2.45) is 0 Å². The zero-order valence-corrected chi connectivity index (χ0v) is 91.0. The largest absolute Gasteiger partial charge is 0.0594 e. The average Bonchev–Trinajstić information content (AvgIpc) is 0.703. The number of rotatable bonds is 56. The maximum absolute atomic E-state index is 2.94. The molecule has 0 saturated carbocycles. The summed E-state index contributed by atoms with van der Waals surface area (Å²) in [4.78, 5) is 0. The van der Waals surface area contributed by atoms with E-state index in [0.717, 1.165) is 0 Å². The third-order valence-corrected chi connectivity index (χ3v) is 34.4. The van der Waals surface area contributed by atoms with Crippen molar-refractivity contribution in [3.05, 3.63) is 0 Å². The molecule has 0 aromatic heterocycles. The Labute approximate surface area is 804 Å². The van der Waals surface area contributed by atoms with Crippen LogP contribution in [-0.2, 0) is 0 Å².